The van der Waals surface area contributed by atoms with Gasteiger partial charge in [-0.05, 0) is 0 Å². The third-order valence-corrected chi connectivity index (χ3v) is 2.00. The SMILES string of the molecule is C=C(F)C(=C)C(C(=C)F)(C(=C)F)C(=C)F. The minimum Gasteiger partial charge on any atom is -0.211 e. The molecule has 0 rings (SSSR count). The van der Waals surface area contributed by atoms with E-state index in [9.17, 15) is 17.6 Å². The highest BCUT2D eigenvalue weighted by Crippen LogP contribution is 2.50. The van der Waals surface area contributed by atoms with Crippen molar-refractivity contribution in [2.75, 3.05) is 0 Å². The summed E-state index contributed by atoms with van der Waals surface area (Å²) in [4.78, 5) is 0. The predicted octanol–water partition coefficient (Wildman–Crippen LogP) is 4.46. The van der Waals surface area contributed by atoms with E-state index in [2.05, 4.69) is 32.9 Å². The summed E-state index contributed by atoms with van der Waals surface area (Å²) in [7, 11) is 0. The summed E-state index contributed by atoms with van der Waals surface area (Å²) < 4.78 is 52.0. The summed E-state index contributed by atoms with van der Waals surface area (Å²) in [6.07, 6.45) is 0. The molecule has 0 radical (unpaired) electrons. The van der Waals surface area contributed by atoms with Gasteiger partial charge < -0.3 is 0 Å². The van der Waals surface area contributed by atoms with Gasteiger partial charge in [0.15, 0.2) is 5.41 Å². The summed E-state index contributed by atoms with van der Waals surface area (Å²) in [6, 6.07) is 0. The summed E-state index contributed by atoms with van der Waals surface area (Å²) in [5.74, 6) is -5.75. The molecular weight excluding hydrogens is 208 g/mol. The highest BCUT2D eigenvalue weighted by Gasteiger charge is 2.46. The van der Waals surface area contributed by atoms with E-state index in [1.165, 1.54) is 0 Å². The van der Waals surface area contributed by atoms with Crippen LogP contribution in [0.2, 0.25) is 0 Å². The quantitative estimate of drug-likeness (QED) is 0.472. The zero-order chi connectivity index (χ0) is 12.4. The topological polar surface area (TPSA) is 0 Å². The van der Waals surface area contributed by atoms with Crippen molar-refractivity contribution < 1.29 is 17.6 Å². The zero-order valence-electron chi connectivity index (χ0n) is 8.05. The van der Waals surface area contributed by atoms with Crippen LogP contribution in [0.5, 0.6) is 0 Å². The van der Waals surface area contributed by atoms with E-state index in [0.29, 0.717) is 0 Å². The van der Waals surface area contributed by atoms with Crippen LogP contribution >= 0.6 is 0 Å². The van der Waals surface area contributed by atoms with Gasteiger partial charge in [-0.3, -0.25) is 0 Å². The van der Waals surface area contributed by atoms with Crippen LogP contribution in [0.25, 0.3) is 0 Å². The summed E-state index contributed by atoms with van der Waals surface area (Å²) in [5.41, 5.74) is -3.62. The number of rotatable bonds is 5. The molecule has 0 aromatic carbocycles. The first-order valence-corrected chi connectivity index (χ1v) is 3.77. The van der Waals surface area contributed by atoms with Crippen LogP contribution in [0.3, 0.4) is 0 Å². The van der Waals surface area contributed by atoms with Crippen molar-refractivity contribution in [2.24, 2.45) is 5.41 Å². The Balaban J connectivity index is 5.87. The third-order valence-electron chi connectivity index (χ3n) is 2.00. The Morgan fingerprint density at radius 1 is 0.667 bits per heavy atom. The smallest absolute Gasteiger partial charge is 0.150 e. The van der Waals surface area contributed by atoms with Crippen LogP contribution in [-0.2, 0) is 0 Å². The van der Waals surface area contributed by atoms with Crippen LogP contribution in [0.4, 0.5) is 17.6 Å². The van der Waals surface area contributed by atoms with Crippen LogP contribution in [0, 0.1) is 5.41 Å². The van der Waals surface area contributed by atoms with Gasteiger partial charge in [-0.25, -0.2) is 17.6 Å². The minimum atomic E-state index is -2.77. The molecule has 0 aromatic rings. The number of hydrogen-bond acceptors (Lipinski definition) is 0. The van der Waals surface area contributed by atoms with Gasteiger partial charge in [-0.1, -0.05) is 32.9 Å². The maximum atomic E-state index is 13.1. The number of hydrogen-bond donors (Lipinski definition) is 0. The van der Waals surface area contributed by atoms with Crippen molar-refractivity contribution in [2.45, 2.75) is 0 Å². The molecule has 0 heterocycles. The van der Waals surface area contributed by atoms with E-state index in [-0.39, 0.29) is 0 Å². The fraction of sp³-hybridized carbons (Fsp3) is 0.0909. The standard InChI is InChI=1S/C11H10F4/c1-6(7(2)12)11(8(3)13,9(4)14)10(5)15/h1-5H2. The van der Waals surface area contributed by atoms with E-state index in [0.717, 1.165) is 0 Å². The first-order valence-electron chi connectivity index (χ1n) is 3.77. The molecule has 0 unspecified atom stereocenters. The largest absolute Gasteiger partial charge is 0.211 e. The van der Waals surface area contributed by atoms with Gasteiger partial charge in [0.2, 0.25) is 0 Å². The van der Waals surface area contributed by atoms with Crippen molar-refractivity contribution in [3.63, 3.8) is 0 Å². The zero-order valence-corrected chi connectivity index (χ0v) is 8.05. The van der Waals surface area contributed by atoms with E-state index in [1.54, 1.807) is 0 Å². The van der Waals surface area contributed by atoms with Gasteiger partial charge in [0.1, 0.15) is 23.3 Å². The minimum absolute atomic E-state index is 0.852. The molecule has 0 N–H and O–H groups in total. The summed E-state index contributed by atoms with van der Waals surface area (Å²) in [6.45, 7) is 14.0. The molecule has 0 saturated carbocycles. The average Bonchev–Trinajstić information content (AvgIpc) is 2.02. The van der Waals surface area contributed by atoms with E-state index in [4.69, 9.17) is 0 Å². The van der Waals surface area contributed by atoms with E-state index in [1.807, 2.05) is 0 Å². The molecule has 0 aromatic heterocycles. The normalized spacial score (nSPS) is 10.7. The Hall–Kier alpha value is -1.58. The molecular formula is C11H10F4. The molecule has 0 saturated heterocycles. The van der Waals surface area contributed by atoms with Crippen LogP contribution in [0.1, 0.15) is 0 Å². The molecule has 0 spiro atoms. The second-order valence-electron chi connectivity index (χ2n) is 2.85. The first-order chi connectivity index (χ1) is 6.68. The van der Waals surface area contributed by atoms with Crippen molar-refractivity contribution in [3.8, 4) is 0 Å². The van der Waals surface area contributed by atoms with Crippen LogP contribution in [-0.4, -0.2) is 0 Å². The maximum absolute atomic E-state index is 13.1. The Bertz CT molecular complexity index is 327. The molecule has 0 fully saturated rings. The summed E-state index contributed by atoms with van der Waals surface area (Å²) >= 11 is 0. The van der Waals surface area contributed by atoms with Crippen LogP contribution in [0.15, 0.2) is 61.8 Å². The Labute approximate surface area is 85.6 Å². The van der Waals surface area contributed by atoms with Crippen molar-refractivity contribution in [1.82, 2.24) is 0 Å². The van der Waals surface area contributed by atoms with Gasteiger partial charge in [0.05, 0.1) is 0 Å². The van der Waals surface area contributed by atoms with Crippen LogP contribution < -0.4 is 0 Å². The Morgan fingerprint density at radius 3 is 1.00 bits per heavy atom. The van der Waals surface area contributed by atoms with Gasteiger partial charge in [-0.2, -0.15) is 0 Å². The molecule has 0 amide bonds. The molecule has 4 heteroatoms. The van der Waals surface area contributed by atoms with E-state index < -0.39 is 34.3 Å². The lowest BCUT2D eigenvalue weighted by Crippen LogP contribution is -2.25. The molecule has 0 aliphatic carbocycles. The number of allylic oxidation sites excluding steroid dienone is 5. The van der Waals surface area contributed by atoms with Gasteiger partial charge in [0.25, 0.3) is 0 Å². The molecule has 82 valence electrons. The Kier molecular flexibility index (Phi) is 3.84. The molecule has 15 heavy (non-hydrogen) atoms. The second kappa shape index (κ2) is 4.29. The molecule has 0 nitrogen and oxygen atoms in total. The number of halogens is 4. The second-order valence-corrected chi connectivity index (χ2v) is 2.85. The van der Waals surface area contributed by atoms with Crippen molar-refractivity contribution in [1.29, 1.82) is 0 Å². The van der Waals surface area contributed by atoms with E-state index >= 15 is 0 Å². The van der Waals surface area contributed by atoms with Crippen molar-refractivity contribution >= 4 is 0 Å². The molecule has 0 aliphatic heterocycles. The fourth-order valence-electron chi connectivity index (χ4n) is 1.14. The van der Waals surface area contributed by atoms with Gasteiger partial charge in [0, 0.05) is 5.57 Å². The lowest BCUT2D eigenvalue weighted by atomic mass is 9.77. The lowest BCUT2D eigenvalue weighted by Gasteiger charge is -2.29. The maximum Gasteiger partial charge on any atom is 0.150 e. The fourth-order valence-corrected chi connectivity index (χ4v) is 1.14. The monoisotopic (exact) mass is 218 g/mol. The first kappa shape index (κ1) is 13.4. The summed E-state index contributed by atoms with van der Waals surface area (Å²) in [5, 5.41) is 0. The predicted molar refractivity (Wildman–Crippen MR) is 52.6 cm³/mol. The molecule has 0 aliphatic rings. The van der Waals surface area contributed by atoms with Gasteiger partial charge in [-0.15, -0.1) is 0 Å². The highest BCUT2D eigenvalue weighted by molar-refractivity contribution is 5.47. The Morgan fingerprint density at radius 2 is 0.933 bits per heavy atom. The van der Waals surface area contributed by atoms with Gasteiger partial charge >= 0.3 is 0 Å². The molecule has 0 bridgehead atoms. The lowest BCUT2D eigenvalue weighted by molar-refractivity contribution is 0.324. The molecule has 0 atom stereocenters. The highest BCUT2D eigenvalue weighted by atomic mass is 19.2. The van der Waals surface area contributed by atoms with Crippen molar-refractivity contribution in [3.05, 3.63) is 61.8 Å². The third kappa shape index (κ3) is 1.93. The average molecular weight is 218 g/mol.